The lowest BCUT2D eigenvalue weighted by Crippen LogP contribution is -1.97. The quantitative estimate of drug-likeness (QED) is 0.169. The van der Waals surface area contributed by atoms with Gasteiger partial charge in [0, 0.05) is 0 Å². The molecule has 0 unspecified atom stereocenters. The van der Waals surface area contributed by atoms with Crippen molar-refractivity contribution in [2.45, 2.75) is 0 Å². The average molecular weight is 450 g/mol. The Balaban J connectivity index is 1.55. The number of nitrogens with zero attached hydrogens (tertiary/aromatic N) is 1. The van der Waals surface area contributed by atoms with Crippen LogP contribution in [0.25, 0.3) is 60.6 Å². The summed E-state index contributed by atoms with van der Waals surface area (Å²) in [5.74, 6) is -1.22. The van der Waals surface area contributed by atoms with Crippen molar-refractivity contribution in [3.05, 3.63) is 114 Å². The van der Waals surface area contributed by atoms with E-state index in [-0.39, 0.29) is 5.57 Å². The second-order valence-corrected chi connectivity index (χ2v) is 8.61. The van der Waals surface area contributed by atoms with Gasteiger partial charge >= 0.3 is 5.97 Å². The van der Waals surface area contributed by atoms with E-state index in [0.717, 1.165) is 11.1 Å². The number of hydrogen-bond donors (Lipinski definition) is 1. The third-order valence-electron chi connectivity index (χ3n) is 6.63. The van der Waals surface area contributed by atoms with Gasteiger partial charge in [-0.2, -0.15) is 5.26 Å². The van der Waals surface area contributed by atoms with Crippen LogP contribution in [0.15, 0.2) is 109 Å². The van der Waals surface area contributed by atoms with Crippen molar-refractivity contribution in [3.8, 4) is 28.3 Å². The molecule has 0 bridgehead atoms. The SMILES string of the molecule is N#C/C(=C\c1ccc(-c2ccc3ccc4c(-c5ccccc5)ccc5ccc2c3c54)cc1)C(=O)O. The third kappa shape index (κ3) is 3.40. The summed E-state index contributed by atoms with van der Waals surface area (Å²) in [6.07, 6.45) is 1.39. The van der Waals surface area contributed by atoms with Crippen molar-refractivity contribution in [2.24, 2.45) is 0 Å². The molecule has 3 nitrogen and oxygen atoms in total. The van der Waals surface area contributed by atoms with E-state index >= 15 is 0 Å². The van der Waals surface area contributed by atoms with Gasteiger partial charge < -0.3 is 5.11 Å². The van der Waals surface area contributed by atoms with Crippen molar-refractivity contribution in [3.63, 3.8) is 0 Å². The minimum Gasteiger partial charge on any atom is -0.477 e. The highest BCUT2D eigenvalue weighted by Crippen LogP contribution is 2.42. The van der Waals surface area contributed by atoms with Crippen LogP contribution in [0.1, 0.15) is 5.56 Å². The summed E-state index contributed by atoms with van der Waals surface area (Å²) in [5.41, 5.74) is 4.98. The Bertz CT molecular complexity index is 1810. The Kier molecular flexibility index (Phi) is 4.80. The maximum Gasteiger partial charge on any atom is 0.346 e. The number of carboxylic acids is 1. The van der Waals surface area contributed by atoms with Gasteiger partial charge in [0.15, 0.2) is 0 Å². The maximum absolute atomic E-state index is 11.2. The van der Waals surface area contributed by atoms with Gasteiger partial charge in [0.2, 0.25) is 0 Å². The Labute approximate surface area is 202 Å². The van der Waals surface area contributed by atoms with Gasteiger partial charge in [0.25, 0.3) is 0 Å². The summed E-state index contributed by atoms with van der Waals surface area (Å²) in [6.45, 7) is 0. The molecule has 0 saturated heterocycles. The van der Waals surface area contributed by atoms with Crippen molar-refractivity contribution in [1.29, 1.82) is 5.26 Å². The van der Waals surface area contributed by atoms with Gasteiger partial charge in [-0.15, -0.1) is 0 Å². The first-order valence-corrected chi connectivity index (χ1v) is 11.4. The fourth-order valence-corrected chi connectivity index (χ4v) is 4.99. The number of hydrogen-bond acceptors (Lipinski definition) is 2. The van der Waals surface area contributed by atoms with Crippen LogP contribution < -0.4 is 0 Å². The molecule has 6 aromatic rings. The zero-order valence-electron chi connectivity index (χ0n) is 18.7. The van der Waals surface area contributed by atoms with Crippen LogP contribution >= 0.6 is 0 Å². The van der Waals surface area contributed by atoms with Crippen molar-refractivity contribution < 1.29 is 9.90 Å². The van der Waals surface area contributed by atoms with E-state index in [0.29, 0.717) is 5.56 Å². The number of aliphatic carboxylic acids is 1. The van der Waals surface area contributed by atoms with Crippen LogP contribution in [0.4, 0.5) is 0 Å². The molecular weight excluding hydrogens is 430 g/mol. The van der Waals surface area contributed by atoms with E-state index in [1.54, 1.807) is 6.07 Å². The topological polar surface area (TPSA) is 61.1 Å². The number of benzene rings is 6. The first kappa shape index (κ1) is 20.7. The molecule has 0 aromatic heterocycles. The van der Waals surface area contributed by atoms with Gasteiger partial charge in [0.05, 0.1) is 0 Å². The minimum atomic E-state index is -1.22. The molecule has 164 valence electrons. The summed E-state index contributed by atoms with van der Waals surface area (Å²) < 4.78 is 0. The fraction of sp³-hybridized carbons (Fsp3) is 0. The van der Waals surface area contributed by atoms with E-state index in [9.17, 15) is 4.79 Å². The first-order valence-electron chi connectivity index (χ1n) is 11.4. The molecule has 35 heavy (non-hydrogen) atoms. The molecule has 0 heterocycles. The molecule has 0 fully saturated rings. The Morgan fingerprint density at radius 2 is 1.17 bits per heavy atom. The second-order valence-electron chi connectivity index (χ2n) is 8.61. The number of carbonyl (C=O) groups is 1. The first-order chi connectivity index (χ1) is 17.1. The monoisotopic (exact) mass is 449 g/mol. The van der Waals surface area contributed by atoms with Crippen LogP contribution in [0, 0.1) is 11.3 Å². The summed E-state index contributed by atoms with van der Waals surface area (Å²) in [6, 6.07) is 37.4. The maximum atomic E-state index is 11.2. The third-order valence-corrected chi connectivity index (χ3v) is 6.63. The highest BCUT2D eigenvalue weighted by atomic mass is 16.4. The molecule has 0 aliphatic carbocycles. The number of carboxylic acid groups (broad SMARTS) is 1. The normalized spacial score (nSPS) is 11.8. The van der Waals surface area contributed by atoms with E-state index < -0.39 is 5.97 Å². The summed E-state index contributed by atoms with van der Waals surface area (Å²) in [4.78, 5) is 11.2. The second kappa shape index (κ2) is 8.13. The lowest BCUT2D eigenvalue weighted by molar-refractivity contribution is -0.132. The van der Waals surface area contributed by atoms with Crippen molar-refractivity contribution >= 4 is 44.4 Å². The largest absolute Gasteiger partial charge is 0.477 e. The fourth-order valence-electron chi connectivity index (χ4n) is 4.99. The van der Waals surface area contributed by atoms with Crippen LogP contribution in [0.5, 0.6) is 0 Å². The molecular formula is C32H19NO2. The lowest BCUT2D eigenvalue weighted by atomic mass is 9.87. The van der Waals surface area contributed by atoms with Gasteiger partial charge in [-0.1, -0.05) is 103 Å². The summed E-state index contributed by atoms with van der Waals surface area (Å²) in [7, 11) is 0. The Hall–Kier alpha value is -4.94. The van der Waals surface area contributed by atoms with Gasteiger partial charge in [-0.25, -0.2) is 4.79 Å². The zero-order valence-corrected chi connectivity index (χ0v) is 18.7. The highest BCUT2D eigenvalue weighted by Gasteiger charge is 2.14. The molecule has 6 aromatic carbocycles. The Morgan fingerprint density at radius 1 is 0.657 bits per heavy atom. The molecule has 1 N–H and O–H groups in total. The summed E-state index contributed by atoms with van der Waals surface area (Å²) in [5, 5.41) is 25.5. The highest BCUT2D eigenvalue weighted by molar-refractivity contribution is 6.27. The predicted molar refractivity (Wildman–Crippen MR) is 142 cm³/mol. The van der Waals surface area contributed by atoms with Crippen molar-refractivity contribution in [1.82, 2.24) is 0 Å². The zero-order chi connectivity index (χ0) is 23.9. The van der Waals surface area contributed by atoms with Crippen molar-refractivity contribution in [2.75, 3.05) is 0 Å². The van der Waals surface area contributed by atoms with Gasteiger partial charge in [0.1, 0.15) is 11.6 Å². The van der Waals surface area contributed by atoms with E-state index in [2.05, 4.69) is 72.8 Å². The summed E-state index contributed by atoms with van der Waals surface area (Å²) >= 11 is 0. The molecule has 0 radical (unpaired) electrons. The average Bonchev–Trinajstić information content (AvgIpc) is 2.91. The van der Waals surface area contributed by atoms with Crippen LogP contribution in [-0.4, -0.2) is 11.1 Å². The molecule has 0 amide bonds. The molecule has 0 aliphatic rings. The number of nitriles is 1. The smallest absolute Gasteiger partial charge is 0.346 e. The number of rotatable bonds is 4. The minimum absolute atomic E-state index is 0.283. The lowest BCUT2D eigenvalue weighted by Gasteiger charge is -2.16. The van der Waals surface area contributed by atoms with Gasteiger partial charge in [-0.3, -0.25) is 0 Å². The van der Waals surface area contributed by atoms with E-state index in [1.807, 2.05) is 30.3 Å². The molecule has 0 aliphatic heterocycles. The van der Waals surface area contributed by atoms with Gasteiger partial charge in [-0.05, 0) is 66.2 Å². The van der Waals surface area contributed by atoms with Crippen LogP contribution in [0.2, 0.25) is 0 Å². The molecule has 6 rings (SSSR count). The van der Waals surface area contributed by atoms with E-state index in [4.69, 9.17) is 10.4 Å². The Morgan fingerprint density at radius 3 is 1.69 bits per heavy atom. The molecule has 0 spiro atoms. The molecule has 0 atom stereocenters. The predicted octanol–water partition coefficient (Wildman–Crippen LogP) is 7.91. The van der Waals surface area contributed by atoms with E-state index in [1.165, 1.54) is 49.5 Å². The standard InChI is InChI=1S/C32H19NO2/c33-19-25(32(34)35)18-20-6-8-22(9-7-20)27-15-11-24-12-16-28-26(21-4-2-1-3-5-21)14-10-23-13-17-29(27)31(24)30(23)28/h1-18H,(H,34,35)/b25-18+. The van der Waals surface area contributed by atoms with Crippen LogP contribution in [0.3, 0.4) is 0 Å². The van der Waals surface area contributed by atoms with Crippen LogP contribution in [-0.2, 0) is 4.79 Å². The molecule has 0 saturated carbocycles. The molecule has 3 heteroatoms.